The number of hydrogen-bond acceptors (Lipinski definition) is 3. The fraction of sp³-hybridized carbons (Fsp3) is 0.333. The third-order valence-electron chi connectivity index (χ3n) is 3.74. The first-order chi connectivity index (χ1) is 8.75. The molecule has 0 radical (unpaired) electrons. The van der Waals surface area contributed by atoms with Gasteiger partial charge in [0.05, 0.1) is 5.52 Å². The minimum atomic E-state index is 0.0765. The number of carbonyl (C=O) groups is 1. The summed E-state index contributed by atoms with van der Waals surface area (Å²) in [6.45, 7) is 0. The van der Waals surface area contributed by atoms with Gasteiger partial charge in [0, 0.05) is 29.1 Å². The van der Waals surface area contributed by atoms with Crippen LogP contribution in [0.1, 0.15) is 29.6 Å². The van der Waals surface area contributed by atoms with Crippen LogP contribution in [0.5, 0.6) is 0 Å². The maximum atomic E-state index is 12.5. The smallest absolute Gasteiger partial charge is 0.168 e. The Bertz CT molecular complexity index is 589. The fourth-order valence-corrected chi connectivity index (χ4v) is 2.78. The van der Waals surface area contributed by atoms with Crippen LogP contribution in [0.2, 0.25) is 0 Å². The molecular weight excluding hydrogens is 224 g/mol. The Morgan fingerprint density at radius 2 is 2.06 bits per heavy atom. The first kappa shape index (κ1) is 11.4. The summed E-state index contributed by atoms with van der Waals surface area (Å²) in [5, 5.41) is 1.02. The number of fused-ring (bicyclic) bond motifs is 1. The summed E-state index contributed by atoms with van der Waals surface area (Å²) in [6, 6.07) is 9.84. The van der Waals surface area contributed by atoms with E-state index in [9.17, 15) is 4.79 Å². The highest BCUT2D eigenvalue weighted by Gasteiger charge is 2.29. The number of benzene rings is 1. The number of carbonyl (C=O) groups excluding carboxylic acids is 1. The zero-order valence-corrected chi connectivity index (χ0v) is 10.2. The second-order valence-corrected chi connectivity index (χ2v) is 5.02. The number of para-hydroxylation sites is 1. The average molecular weight is 240 g/mol. The van der Waals surface area contributed by atoms with E-state index in [-0.39, 0.29) is 17.7 Å². The molecule has 1 heterocycles. The quantitative estimate of drug-likeness (QED) is 0.821. The van der Waals surface area contributed by atoms with E-state index in [0.29, 0.717) is 0 Å². The minimum absolute atomic E-state index is 0.0765. The molecule has 0 aliphatic heterocycles. The Morgan fingerprint density at radius 3 is 2.83 bits per heavy atom. The molecule has 92 valence electrons. The third-order valence-corrected chi connectivity index (χ3v) is 3.74. The molecular formula is C15H16N2O. The van der Waals surface area contributed by atoms with Crippen molar-refractivity contribution in [2.24, 2.45) is 11.7 Å². The molecule has 2 N–H and O–H groups in total. The molecule has 1 aromatic carbocycles. The van der Waals surface area contributed by atoms with Crippen LogP contribution >= 0.6 is 0 Å². The average Bonchev–Trinajstić information content (AvgIpc) is 2.84. The molecule has 18 heavy (non-hydrogen) atoms. The highest BCUT2D eigenvalue weighted by molar-refractivity contribution is 6.07. The number of ketones is 1. The van der Waals surface area contributed by atoms with Crippen molar-refractivity contribution < 1.29 is 4.79 Å². The largest absolute Gasteiger partial charge is 0.328 e. The van der Waals surface area contributed by atoms with Crippen LogP contribution in [-0.4, -0.2) is 16.8 Å². The summed E-state index contributed by atoms with van der Waals surface area (Å²) in [4.78, 5) is 16.9. The summed E-state index contributed by atoms with van der Waals surface area (Å²) in [5.74, 6) is 0.278. The van der Waals surface area contributed by atoms with E-state index in [1.807, 2.05) is 30.3 Å². The van der Waals surface area contributed by atoms with Gasteiger partial charge in [-0.1, -0.05) is 18.2 Å². The maximum Gasteiger partial charge on any atom is 0.168 e. The Kier molecular flexibility index (Phi) is 2.84. The zero-order chi connectivity index (χ0) is 12.5. The standard InChI is InChI=1S/C15H16N2O/c16-12-7-6-11(9-12)15(18)13-5-1-3-10-4-2-8-17-14(10)13/h1-5,8,11-12H,6-7,9,16H2. The van der Waals surface area contributed by atoms with E-state index in [4.69, 9.17) is 5.73 Å². The van der Waals surface area contributed by atoms with Crippen LogP contribution in [-0.2, 0) is 0 Å². The molecule has 0 saturated heterocycles. The predicted octanol–water partition coefficient (Wildman–Crippen LogP) is 2.54. The van der Waals surface area contributed by atoms with Gasteiger partial charge < -0.3 is 5.73 Å². The molecule has 1 aliphatic rings. The molecule has 3 rings (SSSR count). The van der Waals surface area contributed by atoms with Crippen molar-refractivity contribution >= 4 is 16.7 Å². The first-order valence-corrected chi connectivity index (χ1v) is 6.39. The van der Waals surface area contributed by atoms with Gasteiger partial charge in [-0.3, -0.25) is 9.78 Å². The highest BCUT2D eigenvalue weighted by atomic mass is 16.1. The van der Waals surface area contributed by atoms with Crippen molar-refractivity contribution in [1.82, 2.24) is 4.98 Å². The molecule has 0 amide bonds. The monoisotopic (exact) mass is 240 g/mol. The van der Waals surface area contributed by atoms with Gasteiger partial charge in [0.25, 0.3) is 0 Å². The normalized spacial score (nSPS) is 23.4. The Labute approximate surface area is 106 Å². The fourth-order valence-electron chi connectivity index (χ4n) is 2.78. The van der Waals surface area contributed by atoms with Gasteiger partial charge >= 0.3 is 0 Å². The molecule has 1 saturated carbocycles. The summed E-state index contributed by atoms with van der Waals surface area (Å²) >= 11 is 0. The lowest BCUT2D eigenvalue weighted by molar-refractivity contribution is 0.0923. The molecule has 1 aromatic heterocycles. The number of pyridine rings is 1. The molecule has 0 spiro atoms. The highest BCUT2D eigenvalue weighted by Crippen LogP contribution is 2.29. The zero-order valence-electron chi connectivity index (χ0n) is 10.2. The second-order valence-electron chi connectivity index (χ2n) is 5.02. The lowest BCUT2D eigenvalue weighted by Gasteiger charge is -2.10. The number of hydrogen-bond donors (Lipinski definition) is 1. The SMILES string of the molecule is NC1CCC(C(=O)c2cccc3cccnc23)C1. The van der Waals surface area contributed by atoms with Gasteiger partial charge in [0.1, 0.15) is 0 Å². The minimum Gasteiger partial charge on any atom is -0.328 e. The van der Waals surface area contributed by atoms with E-state index in [0.717, 1.165) is 35.7 Å². The third kappa shape index (κ3) is 1.91. The van der Waals surface area contributed by atoms with Crippen LogP contribution in [0.4, 0.5) is 0 Å². The van der Waals surface area contributed by atoms with Crippen molar-refractivity contribution in [2.45, 2.75) is 25.3 Å². The number of Topliss-reactive ketones (excluding diaryl/α,β-unsaturated/α-hetero) is 1. The predicted molar refractivity (Wildman–Crippen MR) is 71.4 cm³/mol. The molecule has 2 atom stereocenters. The topological polar surface area (TPSA) is 56.0 Å². The van der Waals surface area contributed by atoms with Gasteiger partial charge in [-0.25, -0.2) is 0 Å². The van der Waals surface area contributed by atoms with Crippen LogP contribution in [0.3, 0.4) is 0 Å². The molecule has 3 heteroatoms. The lowest BCUT2D eigenvalue weighted by atomic mass is 9.94. The molecule has 1 fully saturated rings. The van der Waals surface area contributed by atoms with Crippen LogP contribution in [0, 0.1) is 5.92 Å². The molecule has 1 aliphatic carbocycles. The van der Waals surface area contributed by atoms with Gasteiger partial charge in [-0.15, -0.1) is 0 Å². The van der Waals surface area contributed by atoms with E-state index in [1.54, 1.807) is 6.20 Å². The first-order valence-electron chi connectivity index (χ1n) is 6.39. The van der Waals surface area contributed by atoms with Crippen molar-refractivity contribution in [3.63, 3.8) is 0 Å². The van der Waals surface area contributed by atoms with E-state index in [2.05, 4.69) is 4.98 Å². The Hall–Kier alpha value is -1.74. The summed E-state index contributed by atoms with van der Waals surface area (Å²) in [6.07, 6.45) is 4.40. The van der Waals surface area contributed by atoms with Gasteiger partial charge in [0.2, 0.25) is 0 Å². The Morgan fingerprint density at radius 1 is 1.22 bits per heavy atom. The summed E-state index contributed by atoms with van der Waals surface area (Å²) in [5.41, 5.74) is 7.44. The number of nitrogens with two attached hydrogens (primary N) is 1. The van der Waals surface area contributed by atoms with E-state index >= 15 is 0 Å². The van der Waals surface area contributed by atoms with Crippen molar-refractivity contribution in [2.75, 3.05) is 0 Å². The second kappa shape index (κ2) is 4.50. The lowest BCUT2D eigenvalue weighted by Crippen LogP contribution is -2.18. The molecule has 0 bridgehead atoms. The van der Waals surface area contributed by atoms with Crippen LogP contribution in [0.25, 0.3) is 10.9 Å². The van der Waals surface area contributed by atoms with Gasteiger partial charge in [-0.05, 0) is 31.4 Å². The number of aromatic nitrogens is 1. The molecule has 2 unspecified atom stereocenters. The number of nitrogens with zero attached hydrogens (tertiary/aromatic N) is 1. The van der Waals surface area contributed by atoms with Crippen LogP contribution in [0.15, 0.2) is 36.5 Å². The van der Waals surface area contributed by atoms with Crippen molar-refractivity contribution in [3.8, 4) is 0 Å². The maximum absolute atomic E-state index is 12.5. The molecule has 3 nitrogen and oxygen atoms in total. The van der Waals surface area contributed by atoms with Crippen molar-refractivity contribution in [3.05, 3.63) is 42.1 Å². The van der Waals surface area contributed by atoms with Gasteiger partial charge in [-0.2, -0.15) is 0 Å². The van der Waals surface area contributed by atoms with Crippen molar-refractivity contribution in [1.29, 1.82) is 0 Å². The van der Waals surface area contributed by atoms with Gasteiger partial charge in [0.15, 0.2) is 5.78 Å². The van der Waals surface area contributed by atoms with E-state index < -0.39 is 0 Å². The summed E-state index contributed by atoms with van der Waals surface area (Å²) < 4.78 is 0. The van der Waals surface area contributed by atoms with Crippen LogP contribution < -0.4 is 5.73 Å². The Balaban J connectivity index is 2.01. The molecule has 2 aromatic rings. The summed E-state index contributed by atoms with van der Waals surface area (Å²) in [7, 11) is 0. The number of rotatable bonds is 2. The van der Waals surface area contributed by atoms with E-state index in [1.165, 1.54) is 0 Å².